The normalized spacial score (nSPS) is 13.6. The lowest BCUT2D eigenvalue weighted by Gasteiger charge is -2.23. The van der Waals surface area contributed by atoms with Crippen molar-refractivity contribution in [3.63, 3.8) is 0 Å². The Morgan fingerprint density at radius 1 is 1.20 bits per heavy atom. The minimum absolute atomic E-state index is 0.198. The van der Waals surface area contributed by atoms with Gasteiger partial charge < -0.3 is 29.7 Å². The van der Waals surface area contributed by atoms with Crippen molar-refractivity contribution < 1.29 is 34.0 Å². The van der Waals surface area contributed by atoms with Gasteiger partial charge in [0.05, 0.1) is 19.8 Å². The first kappa shape index (κ1) is 20.7. The van der Waals surface area contributed by atoms with E-state index in [9.17, 15) is 19.8 Å². The topological polar surface area (TPSA) is 114 Å². The number of alkyl carbamates (subject to hydrolysis) is 1. The van der Waals surface area contributed by atoms with Gasteiger partial charge in [-0.25, -0.2) is 9.59 Å². The lowest BCUT2D eigenvalue weighted by Crippen LogP contribution is -2.39. The van der Waals surface area contributed by atoms with Gasteiger partial charge in [-0.2, -0.15) is 0 Å². The number of hydrogen-bond acceptors (Lipinski definition) is 7. The zero-order valence-electron chi connectivity index (χ0n) is 15.0. The van der Waals surface area contributed by atoms with E-state index in [-0.39, 0.29) is 23.4 Å². The molecule has 0 aliphatic heterocycles. The fourth-order valence-corrected chi connectivity index (χ4v) is 2.03. The Labute approximate surface area is 146 Å². The van der Waals surface area contributed by atoms with E-state index in [1.165, 1.54) is 32.4 Å². The number of ether oxygens (including phenoxy) is 3. The maximum Gasteiger partial charge on any atom is 0.407 e. The zero-order valence-corrected chi connectivity index (χ0v) is 15.0. The Bertz CT molecular complexity index is 610. The number of esters is 1. The monoisotopic (exact) mass is 355 g/mol. The number of methoxy groups -OCH3 is 2. The average molecular weight is 355 g/mol. The molecule has 1 aromatic rings. The Morgan fingerprint density at radius 3 is 2.36 bits per heavy atom. The van der Waals surface area contributed by atoms with E-state index in [4.69, 9.17) is 9.47 Å². The lowest BCUT2D eigenvalue weighted by atomic mass is 10.0. The van der Waals surface area contributed by atoms with E-state index in [1.54, 1.807) is 20.8 Å². The number of carbonyl (C=O) groups is 2. The minimum Gasteiger partial charge on any atom is -0.496 e. The van der Waals surface area contributed by atoms with E-state index in [2.05, 4.69) is 10.1 Å². The Balaban J connectivity index is 2.85. The summed E-state index contributed by atoms with van der Waals surface area (Å²) in [6.45, 7) is 4.88. The summed E-state index contributed by atoms with van der Waals surface area (Å²) in [5, 5.41) is 22.9. The first-order valence-corrected chi connectivity index (χ1v) is 7.68. The number of amides is 1. The van der Waals surface area contributed by atoms with Crippen molar-refractivity contribution in [2.24, 2.45) is 0 Å². The molecular formula is C17H25NO7. The molecular weight excluding hydrogens is 330 g/mol. The first-order valence-electron chi connectivity index (χ1n) is 7.68. The summed E-state index contributed by atoms with van der Waals surface area (Å²) in [6, 6.07) is 4.33. The van der Waals surface area contributed by atoms with Crippen molar-refractivity contribution in [2.45, 2.75) is 38.6 Å². The summed E-state index contributed by atoms with van der Waals surface area (Å²) >= 11 is 0. The molecule has 8 nitrogen and oxygen atoms in total. The van der Waals surface area contributed by atoms with Crippen LogP contribution in [0.15, 0.2) is 18.2 Å². The number of benzene rings is 1. The van der Waals surface area contributed by atoms with Gasteiger partial charge in [0.2, 0.25) is 0 Å². The molecule has 0 saturated heterocycles. The molecule has 2 unspecified atom stereocenters. The average Bonchev–Trinajstić information content (AvgIpc) is 2.56. The van der Waals surface area contributed by atoms with Crippen LogP contribution in [0.25, 0.3) is 0 Å². The van der Waals surface area contributed by atoms with Crippen LogP contribution in [0.3, 0.4) is 0 Å². The summed E-state index contributed by atoms with van der Waals surface area (Å²) in [5.74, 6) is -0.297. The smallest absolute Gasteiger partial charge is 0.407 e. The third kappa shape index (κ3) is 6.24. The summed E-state index contributed by atoms with van der Waals surface area (Å²) in [5.41, 5.74) is -0.278. The number of rotatable bonds is 6. The van der Waals surface area contributed by atoms with E-state index in [0.29, 0.717) is 0 Å². The predicted octanol–water partition coefficient (Wildman–Crippen LogP) is 1.40. The Hall–Kier alpha value is -2.32. The Morgan fingerprint density at radius 2 is 1.84 bits per heavy atom. The number of carbonyl (C=O) groups excluding carboxylic acids is 2. The van der Waals surface area contributed by atoms with Crippen LogP contribution in [-0.2, 0) is 9.47 Å². The summed E-state index contributed by atoms with van der Waals surface area (Å²) in [7, 11) is 2.64. The van der Waals surface area contributed by atoms with Gasteiger partial charge in [0.1, 0.15) is 23.6 Å². The highest BCUT2D eigenvalue weighted by Crippen LogP contribution is 2.28. The number of nitrogens with one attached hydrogen (secondary N) is 1. The molecule has 0 heterocycles. The van der Waals surface area contributed by atoms with E-state index in [1.807, 2.05) is 0 Å². The second-order valence-corrected chi connectivity index (χ2v) is 6.34. The number of aliphatic hydroxyl groups is 2. The van der Waals surface area contributed by atoms with Crippen molar-refractivity contribution in [3.05, 3.63) is 29.3 Å². The molecule has 0 aliphatic carbocycles. The SMILES string of the molecule is COC(=O)c1ccc(OC)c(C(O)C(O)CNC(=O)OC(C)(C)C)c1. The van der Waals surface area contributed by atoms with Crippen LogP contribution in [0.2, 0.25) is 0 Å². The largest absolute Gasteiger partial charge is 0.496 e. The zero-order chi connectivity index (χ0) is 19.2. The van der Waals surface area contributed by atoms with Crippen molar-refractivity contribution >= 4 is 12.1 Å². The molecule has 1 amide bonds. The van der Waals surface area contributed by atoms with Crippen LogP contribution >= 0.6 is 0 Å². The minimum atomic E-state index is -1.39. The van der Waals surface area contributed by atoms with Crippen molar-refractivity contribution in [2.75, 3.05) is 20.8 Å². The maximum absolute atomic E-state index is 11.6. The van der Waals surface area contributed by atoms with Crippen LogP contribution in [0.4, 0.5) is 4.79 Å². The van der Waals surface area contributed by atoms with Gasteiger partial charge in [-0.05, 0) is 39.0 Å². The van der Waals surface area contributed by atoms with E-state index in [0.717, 1.165) is 0 Å². The fourth-order valence-electron chi connectivity index (χ4n) is 2.03. The molecule has 0 fully saturated rings. The molecule has 0 aromatic heterocycles. The molecule has 0 bridgehead atoms. The molecule has 140 valence electrons. The van der Waals surface area contributed by atoms with Gasteiger partial charge in [0, 0.05) is 12.1 Å². The standard InChI is InChI=1S/C17H25NO7/c1-17(2,3)25-16(22)18-9-12(19)14(20)11-8-10(15(21)24-5)6-7-13(11)23-4/h6-8,12,14,19-20H,9H2,1-5H3,(H,18,22). The van der Waals surface area contributed by atoms with Crippen molar-refractivity contribution in [3.8, 4) is 5.75 Å². The predicted molar refractivity (Wildman–Crippen MR) is 89.5 cm³/mol. The molecule has 2 atom stereocenters. The maximum atomic E-state index is 11.6. The van der Waals surface area contributed by atoms with Crippen LogP contribution in [0.1, 0.15) is 42.8 Å². The van der Waals surface area contributed by atoms with Crippen LogP contribution in [0, 0.1) is 0 Å². The van der Waals surface area contributed by atoms with Gasteiger partial charge in [0.25, 0.3) is 0 Å². The molecule has 25 heavy (non-hydrogen) atoms. The van der Waals surface area contributed by atoms with E-state index >= 15 is 0 Å². The summed E-state index contributed by atoms with van der Waals surface area (Å²) in [6.07, 6.45) is -3.45. The van der Waals surface area contributed by atoms with Gasteiger partial charge in [0.15, 0.2) is 0 Å². The Kier molecular flexibility index (Phi) is 7.20. The summed E-state index contributed by atoms with van der Waals surface area (Å²) < 4.78 is 14.8. The van der Waals surface area contributed by atoms with Gasteiger partial charge in [-0.1, -0.05) is 0 Å². The molecule has 0 saturated carbocycles. The lowest BCUT2D eigenvalue weighted by molar-refractivity contribution is 0.0118. The van der Waals surface area contributed by atoms with Gasteiger partial charge >= 0.3 is 12.1 Å². The summed E-state index contributed by atoms with van der Waals surface area (Å²) in [4.78, 5) is 23.2. The number of aliphatic hydroxyl groups excluding tert-OH is 2. The third-order valence-electron chi connectivity index (χ3n) is 3.19. The molecule has 3 N–H and O–H groups in total. The molecule has 0 spiro atoms. The highest BCUT2D eigenvalue weighted by Gasteiger charge is 2.25. The molecule has 0 radical (unpaired) electrons. The highest BCUT2D eigenvalue weighted by atomic mass is 16.6. The number of hydrogen-bond donors (Lipinski definition) is 3. The third-order valence-corrected chi connectivity index (χ3v) is 3.19. The molecule has 1 rings (SSSR count). The first-order chi connectivity index (χ1) is 11.6. The van der Waals surface area contributed by atoms with Crippen molar-refractivity contribution in [1.29, 1.82) is 0 Å². The second-order valence-electron chi connectivity index (χ2n) is 6.34. The molecule has 1 aromatic carbocycles. The van der Waals surface area contributed by atoms with Gasteiger partial charge in [-0.3, -0.25) is 0 Å². The molecule has 8 heteroatoms. The second kappa shape index (κ2) is 8.68. The quantitative estimate of drug-likeness (QED) is 0.661. The van der Waals surface area contributed by atoms with Crippen LogP contribution < -0.4 is 10.1 Å². The highest BCUT2D eigenvalue weighted by molar-refractivity contribution is 5.89. The molecule has 0 aliphatic rings. The van der Waals surface area contributed by atoms with Crippen LogP contribution in [-0.4, -0.2) is 54.7 Å². The van der Waals surface area contributed by atoms with Crippen molar-refractivity contribution in [1.82, 2.24) is 5.32 Å². The van der Waals surface area contributed by atoms with Crippen LogP contribution in [0.5, 0.6) is 5.75 Å². The van der Waals surface area contributed by atoms with E-state index < -0.39 is 29.9 Å². The van der Waals surface area contributed by atoms with Gasteiger partial charge in [-0.15, -0.1) is 0 Å². The fraction of sp³-hybridized carbons (Fsp3) is 0.529.